The van der Waals surface area contributed by atoms with Gasteiger partial charge >= 0.3 is 0 Å². The van der Waals surface area contributed by atoms with Crippen LogP contribution in [0.1, 0.15) is 16.1 Å². The Hall–Kier alpha value is -2.32. The lowest BCUT2D eigenvalue weighted by atomic mass is 10.1. The van der Waals surface area contributed by atoms with Gasteiger partial charge in [-0.15, -0.1) is 0 Å². The highest BCUT2D eigenvalue weighted by atomic mass is 35.5. The Morgan fingerprint density at radius 1 is 1.00 bits per heavy atom. The third kappa shape index (κ3) is 2.38. The Bertz CT molecular complexity index is 787. The van der Waals surface area contributed by atoms with Crippen LogP contribution in [-0.2, 0) is 0 Å². The van der Waals surface area contributed by atoms with E-state index in [1.165, 1.54) is 6.08 Å². The number of hydrogen-bond acceptors (Lipinski definition) is 1. The second-order valence-corrected chi connectivity index (χ2v) is 4.84. The number of carbonyl (C=O) groups is 1. The Balaban J connectivity index is 1.91. The molecule has 0 aliphatic rings. The average Bonchev–Trinajstić information content (AvgIpc) is 2.83. The molecular weight excluding hydrogens is 270 g/mol. The van der Waals surface area contributed by atoms with E-state index >= 15 is 0 Å². The average molecular weight is 282 g/mol. The summed E-state index contributed by atoms with van der Waals surface area (Å²) in [6.45, 7) is 0. The molecule has 0 aliphatic carbocycles. The summed E-state index contributed by atoms with van der Waals surface area (Å²) in [7, 11) is 0. The van der Waals surface area contributed by atoms with Crippen molar-refractivity contribution in [2.24, 2.45) is 0 Å². The topological polar surface area (TPSA) is 32.9 Å². The van der Waals surface area contributed by atoms with E-state index in [2.05, 4.69) is 4.98 Å². The number of ketones is 1. The molecule has 0 atom stereocenters. The smallest absolute Gasteiger partial charge is 0.185 e. The van der Waals surface area contributed by atoms with Crippen molar-refractivity contribution in [1.82, 2.24) is 4.98 Å². The van der Waals surface area contributed by atoms with Crippen LogP contribution in [0.3, 0.4) is 0 Å². The number of rotatable bonds is 3. The SMILES string of the molecule is O=C(/C=C/c1[nH]c2ccccc2c1Cl)c1ccccc1. The number of aromatic amines is 1. The molecule has 0 aliphatic heterocycles. The largest absolute Gasteiger partial charge is 0.354 e. The van der Waals surface area contributed by atoms with Gasteiger partial charge in [0.05, 0.1) is 10.7 Å². The monoisotopic (exact) mass is 281 g/mol. The van der Waals surface area contributed by atoms with E-state index in [1.54, 1.807) is 18.2 Å². The lowest BCUT2D eigenvalue weighted by Crippen LogP contribution is -1.92. The number of para-hydroxylation sites is 1. The van der Waals surface area contributed by atoms with Crippen LogP contribution in [0, 0.1) is 0 Å². The molecule has 20 heavy (non-hydrogen) atoms. The van der Waals surface area contributed by atoms with E-state index in [0.717, 1.165) is 16.6 Å². The summed E-state index contributed by atoms with van der Waals surface area (Å²) in [6.07, 6.45) is 3.25. The summed E-state index contributed by atoms with van der Waals surface area (Å²) in [5.74, 6) is -0.0414. The second-order valence-electron chi connectivity index (χ2n) is 4.46. The number of benzene rings is 2. The van der Waals surface area contributed by atoms with Crippen molar-refractivity contribution < 1.29 is 4.79 Å². The Labute approximate surface area is 121 Å². The van der Waals surface area contributed by atoms with E-state index in [1.807, 2.05) is 42.5 Å². The van der Waals surface area contributed by atoms with E-state index in [9.17, 15) is 4.79 Å². The van der Waals surface area contributed by atoms with Gasteiger partial charge in [-0.1, -0.05) is 60.1 Å². The molecule has 2 nitrogen and oxygen atoms in total. The number of aromatic nitrogens is 1. The minimum atomic E-state index is -0.0414. The molecule has 0 fully saturated rings. The molecule has 1 aromatic heterocycles. The van der Waals surface area contributed by atoms with Gasteiger partial charge < -0.3 is 4.98 Å². The summed E-state index contributed by atoms with van der Waals surface area (Å²) in [5, 5.41) is 1.60. The third-order valence-corrected chi connectivity index (χ3v) is 3.54. The van der Waals surface area contributed by atoms with Gasteiger partial charge in [-0.25, -0.2) is 0 Å². The first-order valence-corrected chi connectivity index (χ1v) is 6.67. The standard InChI is InChI=1S/C17H12ClNO/c18-17-13-8-4-5-9-14(13)19-15(17)10-11-16(20)12-6-2-1-3-7-12/h1-11,19H/b11-10+. The highest BCUT2D eigenvalue weighted by Crippen LogP contribution is 2.27. The summed E-state index contributed by atoms with van der Waals surface area (Å²) in [5.41, 5.74) is 2.37. The van der Waals surface area contributed by atoms with Crippen LogP contribution in [-0.4, -0.2) is 10.8 Å². The fourth-order valence-corrected chi connectivity index (χ4v) is 2.38. The molecule has 3 heteroatoms. The predicted octanol–water partition coefficient (Wildman–Crippen LogP) is 4.72. The van der Waals surface area contributed by atoms with Crippen LogP contribution in [0.4, 0.5) is 0 Å². The van der Waals surface area contributed by atoms with E-state index in [0.29, 0.717) is 10.6 Å². The molecular formula is C17H12ClNO. The zero-order valence-electron chi connectivity index (χ0n) is 10.6. The highest BCUT2D eigenvalue weighted by molar-refractivity contribution is 6.37. The van der Waals surface area contributed by atoms with Gasteiger partial charge in [-0.05, 0) is 18.2 Å². The lowest BCUT2D eigenvalue weighted by Gasteiger charge is -1.94. The molecule has 0 amide bonds. The first-order valence-electron chi connectivity index (χ1n) is 6.29. The zero-order valence-corrected chi connectivity index (χ0v) is 11.4. The summed E-state index contributed by atoms with van der Waals surface area (Å²) < 4.78 is 0. The summed E-state index contributed by atoms with van der Waals surface area (Å²) in [4.78, 5) is 15.2. The van der Waals surface area contributed by atoms with E-state index in [4.69, 9.17) is 11.6 Å². The van der Waals surface area contributed by atoms with Crippen LogP contribution in [0.15, 0.2) is 60.7 Å². The van der Waals surface area contributed by atoms with E-state index < -0.39 is 0 Å². The minimum absolute atomic E-state index is 0.0414. The van der Waals surface area contributed by atoms with Gasteiger partial charge in [-0.2, -0.15) is 0 Å². The quantitative estimate of drug-likeness (QED) is 0.547. The van der Waals surface area contributed by atoms with Crippen LogP contribution in [0.2, 0.25) is 5.02 Å². The maximum absolute atomic E-state index is 12.0. The number of fused-ring (bicyclic) bond motifs is 1. The van der Waals surface area contributed by atoms with Crippen LogP contribution < -0.4 is 0 Å². The molecule has 0 spiro atoms. The Morgan fingerprint density at radius 2 is 1.70 bits per heavy atom. The van der Waals surface area contributed by atoms with Crippen molar-refractivity contribution in [3.05, 3.63) is 77.0 Å². The summed E-state index contributed by atoms with van der Waals surface area (Å²) >= 11 is 6.29. The van der Waals surface area contributed by atoms with Crippen molar-refractivity contribution in [1.29, 1.82) is 0 Å². The molecule has 0 bridgehead atoms. The van der Waals surface area contributed by atoms with Gasteiger partial charge in [0.1, 0.15) is 0 Å². The van der Waals surface area contributed by atoms with Gasteiger partial charge in [0.2, 0.25) is 0 Å². The van der Waals surface area contributed by atoms with Gasteiger partial charge in [0.15, 0.2) is 5.78 Å². The van der Waals surface area contributed by atoms with Crippen molar-refractivity contribution in [2.75, 3.05) is 0 Å². The number of carbonyl (C=O) groups excluding carboxylic acids is 1. The lowest BCUT2D eigenvalue weighted by molar-refractivity contribution is 0.104. The van der Waals surface area contributed by atoms with Crippen molar-refractivity contribution in [3.63, 3.8) is 0 Å². The van der Waals surface area contributed by atoms with E-state index in [-0.39, 0.29) is 5.78 Å². The maximum atomic E-state index is 12.0. The zero-order chi connectivity index (χ0) is 13.9. The van der Waals surface area contributed by atoms with Crippen LogP contribution in [0.5, 0.6) is 0 Å². The molecule has 2 aromatic carbocycles. The molecule has 1 N–H and O–H groups in total. The summed E-state index contributed by atoms with van der Waals surface area (Å²) in [6, 6.07) is 16.9. The number of allylic oxidation sites excluding steroid dienone is 1. The fraction of sp³-hybridized carbons (Fsp3) is 0. The number of hydrogen-bond donors (Lipinski definition) is 1. The maximum Gasteiger partial charge on any atom is 0.185 e. The Kier molecular flexibility index (Phi) is 3.40. The first-order chi connectivity index (χ1) is 9.75. The first kappa shape index (κ1) is 12.7. The number of halogens is 1. The highest BCUT2D eigenvalue weighted by Gasteiger charge is 2.07. The number of nitrogens with one attached hydrogen (secondary N) is 1. The van der Waals surface area contributed by atoms with Crippen molar-refractivity contribution in [2.45, 2.75) is 0 Å². The Morgan fingerprint density at radius 3 is 2.45 bits per heavy atom. The fourth-order valence-electron chi connectivity index (χ4n) is 2.10. The second kappa shape index (κ2) is 5.35. The molecule has 3 aromatic rings. The third-order valence-electron chi connectivity index (χ3n) is 3.13. The minimum Gasteiger partial charge on any atom is -0.354 e. The van der Waals surface area contributed by atoms with Gasteiger partial charge in [0.25, 0.3) is 0 Å². The normalized spacial score (nSPS) is 11.2. The van der Waals surface area contributed by atoms with Gasteiger partial charge in [0, 0.05) is 16.5 Å². The van der Waals surface area contributed by atoms with Gasteiger partial charge in [-0.3, -0.25) is 4.79 Å². The van der Waals surface area contributed by atoms with Crippen molar-refractivity contribution >= 4 is 34.4 Å². The molecule has 3 rings (SSSR count). The van der Waals surface area contributed by atoms with Crippen LogP contribution >= 0.6 is 11.6 Å². The number of H-pyrrole nitrogens is 1. The van der Waals surface area contributed by atoms with Crippen molar-refractivity contribution in [3.8, 4) is 0 Å². The molecule has 0 unspecified atom stereocenters. The molecule has 0 saturated heterocycles. The molecule has 0 saturated carbocycles. The molecule has 1 heterocycles. The van der Waals surface area contributed by atoms with Crippen LogP contribution in [0.25, 0.3) is 17.0 Å². The molecule has 0 radical (unpaired) electrons. The molecule has 98 valence electrons. The predicted molar refractivity (Wildman–Crippen MR) is 83.1 cm³/mol.